The summed E-state index contributed by atoms with van der Waals surface area (Å²) in [6, 6.07) is 3.99. The molecule has 1 aromatic heterocycles. The molecule has 0 bridgehead atoms. The average Bonchev–Trinajstić information content (AvgIpc) is 2.56. The molecule has 1 rings (SSSR count). The minimum absolute atomic E-state index is 0.994. The minimum atomic E-state index is 0.994. The van der Waals surface area contributed by atoms with Crippen LogP contribution >= 0.6 is 0 Å². The van der Waals surface area contributed by atoms with Crippen LogP contribution in [0.15, 0.2) is 16.5 Å². The third kappa shape index (κ3) is 8.75. The smallest absolute Gasteiger partial charge is 0.103 e. The van der Waals surface area contributed by atoms with Gasteiger partial charge in [-0.15, -0.1) is 12.8 Å². The van der Waals surface area contributed by atoms with E-state index in [1.807, 2.05) is 19.1 Å². The molecule has 74 valence electrons. The quantitative estimate of drug-likeness (QED) is 0.599. The number of hydrogen-bond donors (Lipinski definition) is 0. The summed E-state index contributed by atoms with van der Waals surface area (Å²) >= 11 is 0. The van der Waals surface area contributed by atoms with E-state index < -0.39 is 0 Å². The summed E-state index contributed by atoms with van der Waals surface area (Å²) in [7, 11) is 0. The summed E-state index contributed by atoms with van der Waals surface area (Å²) < 4.78 is 5.23. The number of terminal acetylenes is 1. The number of rotatable bonds is 1. The van der Waals surface area contributed by atoms with E-state index in [9.17, 15) is 0 Å². The fourth-order valence-corrected chi connectivity index (χ4v) is 0.675. The molecule has 0 fully saturated rings. The van der Waals surface area contributed by atoms with Crippen LogP contribution in [0.3, 0.4) is 0 Å². The Labute approximate surface area is 82.2 Å². The minimum Gasteiger partial charge on any atom is -0.466 e. The monoisotopic (exact) mass is 180 g/mol. The highest BCUT2D eigenvalue weighted by molar-refractivity contribution is 5.04. The van der Waals surface area contributed by atoms with Gasteiger partial charge in [-0.1, -0.05) is 27.2 Å². The lowest BCUT2D eigenvalue weighted by molar-refractivity contribution is 0.489. The van der Waals surface area contributed by atoms with Crippen molar-refractivity contribution in [1.29, 1.82) is 0 Å². The zero-order chi connectivity index (χ0) is 10.7. The Kier molecular flexibility index (Phi) is 12.0. The van der Waals surface area contributed by atoms with E-state index in [0.29, 0.717) is 0 Å². The summed E-state index contributed by atoms with van der Waals surface area (Å²) in [5.41, 5.74) is 0. The summed E-state index contributed by atoms with van der Waals surface area (Å²) in [5, 5.41) is 0. The third-order valence-electron chi connectivity index (χ3n) is 1.14. The fraction of sp³-hybridized carbons (Fsp3) is 0.500. The Hall–Kier alpha value is -1.16. The van der Waals surface area contributed by atoms with Gasteiger partial charge in [-0.3, -0.25) is 0 Å². The standard InChI is InChI=1S/C7H10O.C3H8.C2H2/c1-3-7-5-4-6(2)8-7;1-3-2;1-2/h4-5H,3H2,1-2H3;3H2,1-2H3;1-2H. The van der Waals surface area contributed by atoms with E-state index in [4.69, 9.17) is 4.42 Å². The highest BCUT2D eigenvalue weighted by atomic mass is 16.3. The maximum absolute atomic E-state index is 5.23. The fourth-order valence-electron chi connectivity index (χ4n) is 0.675. The molecule has 0 N–H and O–H groups in total. The predicted molar refractivity (Wildman–Crippen MR) is 58.7 cm³/mol. The molecule has 1 aromatic rings. The molecule has 1 heterocycles. The first-order valence-corrected chi connectivity index (χ1v) is 4.63. The molecule has 0 radical (unpaired) electrons. The molecule has 0 aliphatic heterocycles. The van der Waals surface area contributed by atoms with Crippen molar-refractivity contribution in [2.24, 2.45) is 0 Å². The largest absolute Gasteiger partial charge is 0.466 e. The molecule has 0 aliphatic carbocycles. The molecule has 0 unspecified atom stereocenters. The van der Waals surface area contributed by atoms with E-state index >= 15 is 0 Å². The van der Waals surface area contributed by atoms with Gasteiger partial charge in [0, 0.05) is 6.42 Å². The molecule has 0 aromatic carbocycles. The lowest BCUT2D eigenvalue weighted by atomic mass is 10.4. The Morgan fingerprint density at radius 3 is 1.77 bits per heavy atom. The molecular weight excluding hydrogens is 160 g/mol. The van der Waals surface area contributed by atoms with Crippen LogP contribution in [0, 0.1) is 19.8 Å². The summed E-state index contributed by atoms with van der Waals surface area (Å²) in [6.45, 7) is 8.29. The predicted octanol–water partition coefficient (Wildman–Crippen LogP) is 3.82. The van der Waals surface area contributed by atoms with Crippen LogP contribution < -0.4 is 0 Å². The van der Waals surface area contributed by atoms with Crippen molar-refractivity contribution in [2.45, 2.75) is 40.5 Å². The first-order chi connectivity index (χ1) is 6.24. The molecule has 1 heteroatoms. The van der Waals surface area contributed by atoms with Crippen LogP contribution in [0.4, 0.5) is 0 Å². The summed E-state index contributed by atoms with van der Waals surface area (Å²) in [4.78, 5) is 0. The molecule has 0 atom stereocenters. The molecule has 1 nitrogen and oxygen atoms in total. The lowest BCUT2D eigenvalue weighted by Gasteiger charge is -1.83. The van der Waals surface area contributed by atoms with Crippen LogP contribution in [0.25, 0.3) is 0 Å². The molecule has 0 amide bonds. The van der Waals surface area contributed by atoms with E-state index in [-0.39, 0.29) is 0 Å². The van der Waals surface area contributed by atoms with E-state index in [1.54, 1.807) is 0 Å². The molecule has 0 saturated heterocycles. The molecule has 0 saturated carbocycles. The van der Waals surface area contributed by atoms with Crippen LogP contribution in [0.2, 0.25) is 0 Å². The second-order valence-corrected chi connectivity index (χ2v) is 2.57. The Morgan fingerprint density at radius 1 is 1.15 bits per heavy atom. The maximum Gasteiger partial charge on any atom is 0.103 e. The van der Waals surface area contributed by atoms with Gasteiger partial charge in [-0.2, -0.15) is 0 Å². The van der Waals surface area contributed by atoms with Crippen molar-refractivity contribution < 1.29 is 4.42 Å². The van der Waals surface area contributed by atoms with E-state index in [1.165, 1.54) is 6.42 Å². The highest BCUT2D eigenvalue weighted by Gasteiger charge is 1.91. The van der Waals surface area contributed by atoms with Gasteiger partial charge >= 0.3 is 0 Å². The van der Waals surface area contributed by atoms with Crippen molar-refractivity contribution in [1.82, 2.24) is 0 Å². The van der Waals surface area contributed by atoms with Gasteiger partial charge < -0.3 is 4.42 Å². The summed E-state index contributed by atoms with van der Waals surface area (Å²) in [6.07, 6.45) is 10.2. The number of aryl methyl sites for hydroxylation is 2. The zero-order valence-corrected chi connectivity index (χ0v) is 9.13. The lowest BCUT2D eigenvalue weighted by Crippen LogP contribution is -1.67. The number of hydrogen-bond acceptors (Lipinski definition) is 1. The highest BCUT2D eigenvalue weighted by Crippen LogP contribution is 2.05. The van der Waals surface area contributed by atoms with Crippen LogP contribution in [0.1, 0.15) is 38.7 Å². The van der Waals surface area contributed by atoms with Crippen molar-refractivity contribution in [3.05, 3.63) is 23.7 Å². The van der Waals surface area contributed by atoms with Gasteiger partial charge in [0.2, 0.25) is 0 Å². The Balaban J connectivity index is 0. The Bertz CT molecular complexity index is 208. The number of furan rings is 1. The van der Waals surface area contributed by atoms with Gasteiger partial charge in [0.15, 0.2) is 0 Å². The second kappa shape index (κ2) is 10.8. The molecular formula is C12H20O. The normalized spacial score (nSPS) is 7.54. The summed E-state index contributed by atoms with van der Waals surface area (Å²) in [5.74, 6) is 2.07. The van der Waals surface area contributed by atoms with Crippen LogP contribution in [0.5, 0.6) is 0 Å². The zero-order valence-electron chi connectivity index (χ0n) is 9.13. The first-order valence-electron chi connectivity index (χ1n) is 4.63. The van der Waals surface area contributed by atoms with E-state index in [0.717, 1.165) is 17.9 Å². The van der Waals surface area contributed by atoms with Gasteiger partial charge in [0.25, 0.3) is 0 Å². The topological polar surface area (TPSA) is 13.1 Å². The van der Waals surface area contributed by atoms with Gasteiger partial charge in [-0.05, 0) is 19.1 Å². The SMILES string of the molecule is C#C.CCC.CCc1ccc(C)o1. The maximum atomic E-state index is 5.23. The van der Waals surface area contributed by atoms with Gasteiger partial charge in [0.1, 0.15) is 11.5 Å². The molecule has 0 spiro atoms. The third-order valence-corrected chi connectivity index (χ3v) is 1.14. The van der Waals surface area contributed by atoms with Crippen LogP contribution in [-0.4, -0.2) is 0 Å². The molecule has 13 heavy (non-hydrogen) atoms. The Morgan fingerprint density at radius 2 is 1.62 bits per heavy atom. The van der Waals surface area contributed by atoms with Crippen molar-refractivity contribution in [2.75, 3.05) is 0 Å². The van der Waals surface area contributed by atoms with Crippen molar-refractivity contribution in [3.8, 4) is 12.8 Å². The van der Waals surface area contributed by atoms with Crippen LogP contribution in [-0.2, 0) is 6.42 Å². The van der Waals surface area contributed by atoms with E-state index in [2.05, 4.69) is 33.6 Å². The first kappa shape index (κ1) is 14.4. The van der Waals surface area contributed by atoms with Crippen molar-refractivity contribution >= 4 is 0 Å². The van der Waals surface area contributed by atoms with Gasteiger partial charge in [0.05, 0.1) is 0 Å². The average molecular weight is 180 g/mol. The van der Waals surface area contributed by atoms with Gasteiger partial charge in [-0.25, -0.2) is 0 Å². The van der Waals surface area contributed by atoms with Crippen molar-refractivity contribution in [3.63, 3.8) is 0 Å². The second-order valence-electron chi connectivity index (χ2n) is 2.57. The molecule has 0 aliphatic rings.